The summed E-state index contributed by atoms with van der Waals surface area (Å²) in [5.74, 6) is 0. The number of hydrogen-bond donors (Lipinski definition) is 0. The minimum Gasteiger partial charge on any atom is -0.246 e. The Morgan fingerprint density at radius 1 is 1.00 bits per heavy atom. The molecule has 5 nitrogen and oxygen atoms in total. The van der Waals surface area contributed by atoms with Gasteiger partial charge >= 0.3 is 11.4 Å². The van der Waals surface area contributed by atoms with Gasteiger partial charge in [-0.2, -0.15) is 0 Å². The van der Waals surface area contributed by atoms with E-state index in [0.29, 0.717) is 0 Å². The zero-order valence-corrected chi connectivity index (χ0v) is 8.47. The van der Waals surface area contributed by atoms with Gasteiger partial charge in [-0.3, -0.25) is 0 Å². The average molecular weight is 195 g/mol. The Morgan fingerprint density at radius 2 is 1.36 bits per heavy atom. The quantitative estimate of drug-likeness (QED) is 0.549. The third-order valence-electron chi connectivity index (χ3n) is 2.64. The summed E-state index contributed by atoms with van der Waals surface area (Å²) in [6.45, 7) is 3.78. The largest absolute Gasteiger partial charge is 0.347 e. The first kappa shape index (κ1) is 9.05. The number of nitrogens with zero attached hydrogens (tertiary/aromatic N) is 3. The van der Waals surface area contributed by atoms with Gasteiger partial charge < -0.3 is 0 Å². The predicted molar refractivity (Wildman–Crippen MR) is 52.5 cm³/mol. The normalized spacial score (nSPS) is 25.1. The Balaban J connectivity index is 2.85. The second-order valence-electron chi connectivity index (χ2n) is 3.68. The van der Waals surface area contributed by atoms with Crippen LogP contribution in [0, 0.1) is 0 Å². The number of hydrogen-bond acceptors (Lipinski definition) is 2. The van der Waals surface area contributed by atoms with E-state index < -0.39 is 0 Å². The minimum atomic E-state index is -0.251. The van der Waals surface area contributed by atoms with Crippen LogP contribution in [-0.4, -0.2) is 13.9 Å². The van der Waals surface area contributed by atoms with Crippen LogP contribution in [0.3, 0.4) is 0 Å². The monoisotopic (exact) mass is 195 g/mol. The minimum absolute atomic E-state index is 0.0485. The van der Waals surface area contributed by atoms with Crippen LogP contribution in [-0.2, 0) is 7.05 Å². The van der Waals surface area contributed by atoms with E-state index in [4.69, 9.17) is 0 Å². The van der Waals surface area contributed by atoms with Gasteiger partial charge in [-0.1, -0.05) is 12.2 Å². The molecular weight excluding hydrogens is 182 g/mol. The molecular formula is C9H13N3O2. The maximum atomic E-state index is 11.7. The molecule has 1 aromatic heterocycles. The molecule has 0 saturated carbocycles. The SMILES string of the molecule is CC1C=CC(C)n2c(=O)n(C)c(=O)n21. The van der Waals surface area contributed by atoms with Crippen molar-refractivity contribution in [3.63, 3.8) is 0 Å². The van der Waals surface area contributed by atoms with Gasteiger partial charge in [-0.05, 0) is 13.8 Å². The Kier molecular flexibility index (Phi) is 1.77. The van der Waals surface area contributed by atoms with Gasteiger partial charge in [-0.25, -0.2) is 23.5 Å². The van der Waals surface area contributed by atoms with Crippen LogP contribution < -0.4 is 11.4 Å². The first-order chi connectivity index (χ1) is 6.54. The van der Waals surface area contributed by atoms with E-state index in [-0.39, 0.29) is 23.5 Å². The van der Waals surface area contributed by atoms with Crippen molar-refractivity contribution in [3.8, 4) is 0 Å². The Morgan fingerprint density at radius 3 is 1.71 bits per heavy atom. The highest BCUT2D eigenvalue weighted by atomic mass is 16.2. The fraction of sp³-hybridized carbons (Fsp3) is 0.556. The number of fused-ring (bicyclic) bond motifs is 1. The van der Waals surface area contributed by atoms with Crippen LogP contribution >= 0.6 is 0 Å². The van der Waals surface area contributed by atoms with E-state index in [9.17, 15) is 9.59 Å². The van der Waals surface area contributed by atoms with E-state index >= 15 is 0 Å². The molecule has 2 unspecified atom stereocenters. The Hall–Kier alpha value is -1.52. The van der Waals surface area contributed by atoms with Gasteiger partial charge in [0.25, 0.3) is 0 Å². The third kappa shape index (κ3) is 0.950. The molecule has 1 aliphatic rings. The lowest BCUT2D eigenvalue weighted by molar-refractivity contribution is 0.375. The second-order valence-corrected chi connectivity index (χ2v) is 3.68. The summed E-state index contributed by atoms with van der Waals surface area (Å²) in [6, 6.07) is -0.0970. The molecule has 1 aliphatic heterocycles. The van der Waals surface area contributed by atoms with Crippen LogP contribution in [0.2, 0.25) is 0 Å². The number of allylic oxidation sites excluding steroid dienone is 2. The van der Waals surface area contributed by atoms with Crippen LogP contribution in [0.5, 0.6) is 0 Å². The molecule has 14 heavy (non-hydrogen) atoms. The molecule has 0 aliphatic carbocycles. The van der Waals surface area contributed by atoms with Crippen LogP contribution in [0.1, 0.15) is 25.9 Å². The van der Waals surface area contributed by atoms with Crippen molar-refractivity contribution < 1.29 is 0 Å². The predicted octanol–water partition coefficient (Wildman–Crippen LogP) is 0.0403. The summed E-state index contributed by atoms with van der Waals surface area (Å²) in [5.41, 5.74) is -0.502. The van der Waals surface area contributed by atoms with Crippen molar-refractivity contribution in [1.29, 1.82) is 0 Å². The van der Waals surface area contributed by atoms with Crippen LogP contribution in [0.4, 0.5) is 0 Å². The topological polar surface area (TPSA) is 48.9 Å². The highest BCUT2D eigenvalue weighted by Crippen LogP contribution is 2.15. The van der Waals surface area contributed by atoms with Crippen molar-refractivity contribution >= 4 is 0 Å². The zero-order chi connectivity index (χ0) is 10.5. The molecule has 0 radical (unpaired) electrons. The molecule has 76 valence electrons. The first-order valence-electron chi connectivity index (χ1n) is 4.62. The molecule has 0 bridgehead atoms. The summed E-state index contributed by atoms with van der Waals surface area (Å²) in [7, 11) is 1.50. The van der Waals surface area contributed by atoms with Gasteiger partial charge in [0.1, 0.15) is 0 Å². The maximum absolute atomic E-state index is 11.7. The summed E-state index contributed by atoms with van der Waals surface area (Å²) < 4.78 is 4.12. The fourth-order valence-corrected chi connectivity index (χ4v) is 1.80. The Labute approximate surface area is 80.9 Å². The third-order valence-corrected chi connectivity index (χ3v) is 2.64. The van der Waals surface area contributed by atoms with Crippen LogP contribution in [0.25, 0.3) is 0 Å². The standard InChI is InChI=1S/C9H13N3O2/c1-6-4-5-7(2)12-9(14)10(3)8(13)11(6)12/h4-7H,1-3H3. The smallest absolute Gasteiger partial charge is 0.246 e. The van der Waals surface area contributed by atoms with Crippen LogP contribution in [0.15, 0.2) is 21.7 Å². The van der Waals surface area contributed by atoms with Crippen molar-refractivity contribution in [2.75, 3.05) is 0 Å². The number of rotatable bonds is 0. The highest BCUT2D eigenvalue weighted by Gasteiger charge is 2.22. The lowest BCUT2D eigenvalue weighted by Gasteiger charge is -2.21. The molecule has 0 N–H and O–H groups in total. The van der Waals surface area contributed by atoms with E-state index in [2.05, 4.69) is 0 Å². The van der Waals surface area contributed by atoms with Crippen molar-refractivity contribution in [2.45, 2.75) is 25.9 Å². The van der Waals surface area contributed by atoms with E-state index in [1.54, 1.807) is 0 Å². The van der Waals surface area contributed by atoms with Gasteiger partial charge in [0.2, 0.25) is 0 Å². The molecule has 2 heterocycles. The van der Waals surface area contributed by atoms with E-state index in [0.717, 1.165) is 4.57 Å². The molecule has 0 amide bonds. The number of aromatic nitrogens is 3. The highest BCUT2D eigenvalue weighted by molar-refractivity contribution is 5.01. The average Bonchev–Trinajstić information content (AvgIpc) is 2.38. The van der Waals surface area contributed by atoms with E-state index in [1.807, 2.05) is 26.0 Å². The van der Waals surface area contributed by atoms with Gasteiger partial charge in [0.05, 0.1) is 12.1 Å². The lowest BCUT2D eigenvalue weighted by Crippen LogP contribution is -2.33. The van der Waals surface area contributed by atoms with Gasteiger partial charge in [-0.15, -0.1) is 0 Å². The molecule has 1 aromatic rings. The summed E-state index contributed by atoms with van der Waals surface area (Å²) in [6.07, 6.45) is 3.87. The molecule has 0 fully saturated rings. The fourth-order valence-electron chi connectivity index (χ4n) is 1.80. The summed E-state index contributed by atoms with van der Waals surface area (Å²) in [5, 5.41) is 0. The second kappa shape index (κ2) is 2.73. The molecule has 0 aromatic carbocycles. The summed E-state index contributed by atoms with van der Waals surface area (Å²) in [4.78, 5) is 23.3. The first-order valence-corrected chi connectivity index (χ1v) is 4.62. The van der Waals surface area contributed by atoms with Crippen molar-refractivity contribution in [2.24, 2.45) is 7.05 Å². The molecule has 0 saturated heterocycles. The van der Waals surface area contributed by atoms with Gasteiger partial charge in [0, 0.05) is 7.05 Å². The Bertz CT molecular complexity index is 460. The maximum Gasteiger partial charge on any atom is 0.347 e. The molecule has 2 rings (SSSR count). The molecule has 2 atom stereocenters. The summed E-state index contributed by atoms with van der Waals surface area (Å²) >= 11 is 0. The lowest BCUT2D eigenvalue weighted by atomic mass is 10.2. The molecule has 5 heteroatoms. The van der Waals surface area contributed by atoms with E-state index in [1.165, 1.54) is 16.4 Å². The zero-order valence-electron chi connectivity index (χ0n) is 8.47. The van der Waals surface area contributed by atoms with Crippen molar-refractivity contribution in [3.05, 3.63) is 33.1 Å². The van der Waals surface area contributed by atoms with Gasteiger partial charge in [0.15, 0.2) is 0 Å². The van der Waals surface area contributed by atoms with Crippen molar-refractivity contribution in [1.82, 2.24) is 13.9 Å². The molecule has 0 spiro atoms.